The van der Waals surface area contributed by atoms with E-state index in [2.05, 4.69) is 21.2 Å². The maximum absolute atomic E-state index is 13.0. The van der Waals surface area contributed by atoms with Crippen LogP contribution >= 0.6 is 15.9 Å². The molecule has 150 valence electrons. The molecule has 0 aromatic heterocycles. The van der Waals surface area contributed by atoms with Gasteiger partial charge in [-0.25, -0.2) is 8.42 Å². The second kappa shape index (κ2) is 8.63. The normalized spacial score (nSPS) is 16.0. The smallest absolute Gasteiger partial charge is 0.251 e. The van der Waals surface area contributed by atoms with Gasteiger partial charge >= 0.3 is 0 Å². The van der Waals surface area contributed by atoms with Crippen LogP contribution in [-0.4, -0.2) is 38.8 Å². The summed E-state index contributed by atoms with van der Waals surface area (Å²) in [7, 11) is -2.28. The highest BCUT2D eigenvalue weighted by Gasteiger charge is 2.30. The van der Waals surface area contributed by atoms with Crippen molar-refractivity contribution in [2.45, 2.75) is 30.7 Å². The lowest BCUT2D eigenvalue weighted by Crippen LogP contribution is -2.29. The molecular weight excluding hydrogens is 444 g/mol. The lowest BCUT2D eigenvalue weighted by atomic mass is 10.1. The van der Waals surface area contributed by atoms with Gasteiger partial charge in [0.1, 0.15) is 10.6 Å². The molecule has 2 aromatic rings. The third-order valence-corrected chi connectivity index (χ3v) is 7.22. The Bertz CT molecular complexity index is 972. The number of carbonyl (C=O) groups is 1. The topological polar surface area (TPSA) is 75.7 Å². The number of methoxy groups -OCH3 is 1. The van der Waals surface area contributed by atoms with Crippen LogP contribution in [0.15, 0.2) is 51.8 Å². The van der Waals surface area contributed by atoms with E-state index in [-0.39, 0.29) is 28.2 Å². The SMILES string of the molecule is COc1ccc(C(=O)NC(C)c2cccc(Br)c2)cc1S(=O)(=O)N1CCCC1. The van der Waals surface area contributed by atoms with E-state index in [0.717, 1.165) is 22.9 Å². The van der Waals surface area contributed by atoms with E-state index in [1.807, 2.05) is 31.2 Å². The highest BCUT2D eigenvalue weighted by molar-refractivity contribution is 9.10. The molecule has 1 saturated heterocycles. The summed E-state index contributed by atoms with van der Waals surface area (Å²) in [5, 5.41) is 2.92. The molecule has 1 N–H and O–H groups in total. The first-order valence-electron chi connectivity index (χ1n) is 9.07. The summed E-state index contributed by atoms with van der Waals surface area (Å²) in [6.45, 7) is 2.86. The molecule has 0 radical (unpaired) electrons. The third kappa shape index (κ3) is 4.39. The molecule has 28 heavy (non-hydrogen) atoms. The van der Waals surface area contributed by atoms with Crippen molar-refractivity contribution in [2.24, 2.45) is 0 Å². The number of carbonyl (C=O) groups excluding carboxylic acids is 1. The summed E-state index contributed by atoms with van der Waals surface area (Å²) in [6.07, 6.45) is 1.68. The second-order valence-corrected chi connectivity index (χ2v) is 9.55. The Morgan fingerprint density at radius 1 is 1.18 bits per heavy atom. The molecule has 0 spiro atoms. The number of amides is 1. The fraction of sp³-hybridized carbons (Fsp3) is 0.350. The van der Waals surface area contributed by atoms with Crippen molar-refractivity contribution in [3.63, 3.8) is 0 Å². The lowest BCUT2D eigenvalue weighted by Gasteiger charge is -2.19. The Morgan fingerprint density at radius 2 is 1.89 bits per heavy atom. The molecule has 1 heterocycles. The Hall–Kier alpha value is -1.90. The van der Waals surface area contributed by atoms with Gasteiger partial charge in [0.2, 0.25) is 10.0 Å². The van der Waals surface area contributed by atoms with Crippen molar-refractivity contribution in [2.75, 3.05) is 20.2 Å². The average Bonchev–Trinajstić information content (AvgIpc) is 3.23. The Balaban J connectivity index is 1.87. The molecule has 1 atom stereocenters. The quantitative estimate of drug-likeness (QED) is 0.703. The standard InChI is InChI=1S/C20H23BrN2O4S/c1-14(15-6-5-7-17(21)12-15)22-20(24)16-8-9-18(27-2)19(13-16)28(25,26)23-10-3-4-11-23/h5-9,12-14H,3-4,10-11H2,1-2H3,(H,22,24). The molecule has 1 unspecified atom stereocenters. The van der Waals surface area contributed by atoms with Gasteiger partial charge in [-0.15, -0.1) is 0 Å². The molecule has 0 aliphatic carbocycles. The van der Waals surface area contributed by atoms with Gasteiger partial charge < -0.3 is 10.1 Å². The van der Waals surface area contributed by atoms with Gasteiger partial charge in [0.15, 0.2) is 0 Å². The average molecular weight is 467 g/mol. The van der Waals surface area contributed by atoms with Crippen molar-refractivity contribution in [3.8, 4) is 5.75 Å². The summed E-state index contributed by atoms with van der Waals surface area (Å²) in [5.74, 6) is -0.100. The van der Waals surface area contributed by atoms with Crippen LogP contribution in [0.25, 0.3) is 0 Å². The van der Waals surface area contributed by atoms with E-state index < -0.39 is 10.0 Å². The van der Waals surface area contributed by atoms with E-state index >= 15 is 0 Å². The van der Waals surface area contributed by atoms with E-state index in [1.165, 1.54) is 23.5 Å². The number of nitrogens with one attached hydrogen (secondary N) is 1. The summed E-state index contributed by atoms with van der Waals surface area (Å²) in [4.78, 5) is 12.8. The van der Waals surface area contributed by atoms with Crippen molar-refractivity contribution in [1.29, 1.82) is 0 Å². The minimum absolute atomic E-state index is 0.0275. The minimum Gasteiger partial charge on any atom is -0.495 e. The van der Waals surface area contributed by atoms with Gasteiger partial charge in [-0.2, -0.15) is 4.31 Å². The van der Waals surface area contributed by atoms with Crippen molar-refractivity contribution in [1.82, 2.24) is 9.62 Å². The van der Waals surface area contributed by atoms with Gasteiger partial charge in [-0.1, -0.05) is 28.1 Å². The molecule has 1 amide bonds. The summed E-state index contributed by atoms with van der Waals surface area (Å²) in [6, 6.07) is 11.9. The van der Waals surface area contributed by atoms with Crippen LogP contribution in [0.4, 0.5) is 0 Å². The van der Waals surface area contributed by atoms with Crippen molar-refractivity contribution in [3.05, 3.63) is 58.1 Å². The molecule has 8 heteroatoms. The third-order valence-electron chi connectivity index (χ3n) is 4.80. The number of rotatable bonds is 6. The summed E-state index contributed by atoms with van der Waals surface area (Å²) in [5.41, 5.74) is 1.22. The van der Waals surface area contributed by atoms with E-state index in [9.17, 15) is 13.2 Å². The largest absolute Gasteiger partial charge is 0.495 e. The molecule has 2 aromatic carbocycles. The molecule has 1 aliphatic heterocycles. The first kappa shape index (κ1) is 20.8. The summed E-state index contributed by atoms with van der Waals surface area (Å²) >= 11 is 3.42. The van der Waals surface area contributed by atoms with E-state index in [4.69, 9.17) is 4.74 Å². The number of sulfonamides is 1. The maximum Gasteiger partial charge on any atom is 0.251 e. The molecular formula is C20H23BrN2O4S. The van der Waals surface area contributed by atoms with Gasteiger partial charge in [0.25, 0.3) is 5.91 Å². The number of halogens is 1. The molecule has 1 fully saturated rings. The van der Waals surface area contributed by atoms with Crippen LogP contribution < -0.4 is 10.1 Å². The van der Waals surface area contributed by atoms with Gasteiger partial charge in [0, 0.05) is 23.1 Å². The zero-order valence-corrected chi connectivity index (χ0v) is 18.2. The number of benzene rings is 2. The van der Waals surface area contributed by atoms with Crippen LogP contribution in [-0.2, 0) is 10.0 Å². The first-order chi connectivity index (χ1) is 13.3. The molecule has 1 aliphatic rings. The number of hydrogen-bond donors (Lipinski definition) is 1. The molecule has 0 saturated carbocycles. The minimum atomic E-state index is -3.70. The van der Waals surface area contributed by atoms with Gasteiger partial charge in [0.05, 0.1) is 13.2 Å². The van der Waals surface area contributed by atoms with E-state index in [0.29, 0.717) is 13.1 Å². The second-order valence-electron chi connectivity index (χ2n) is 6.73. The fourth-order valence-electron chi connectivity index (χ4n) is 3.23. The first-order valence-corrected chi connectivity index (χ1v) is 11.3. The van der Waals surface area contributed by atoms with Crippen LogP contribution in [0.1, 0.15) is 41.7 Å². The maximum atomic E-state index is 13.0. The highest BCUT2D eigenvalue weighted by atomic mass is 79.9. The Kier molecular flexibility index (Phi) is 6.42. The van der Waals surface area contributed by atoms with Crippen molar-refractivity contribution < 1.29 is 17.9 Å². The zero-order chi connectivity index (χ0) is 20.3. The fourth-order valence-corrected chi connectivity index (χ4v) is 5.34. The number of hydrogen-bond acceptors (Lipinski definition) is 4. The molecule has 6 nitrogen and oxygen atoms in total. The Morgan fingerprint density at radius 3 is 2.54 bits per heavy atom. The van der Waals surface area contributed by atoms with Crippen LogP contribution in [0.5, 0.6) is 5.75 Å². The highest BCUT2D eigenvalue weighted by Crippen LogP contribution is 2.30. The van der Waals surface area contributed by atoms with E-state index in [1.54, 1.807) is 6.07 Å². The van der Waals surface area contributed by atoms with Crippen molar-refractivity contribution >= 4 is 31.9 Å². The summed E-state index contributed by atoms with van der Waals surface area (Å²) < 4.78 is 33.6. The monoisotopic (exact) mass is 466 g/mol. The lowest BCUT2D eigenvalue weighted by molar-refractivity contribution is 0.0939. The van der Waals surface area contributed by atoms with Crippen LogP contribution in [0.2, 0.25) is 0 Å². The number of nitrogens with zero attached hydrogens (tertiary/aromatic N) is 1. The predicted octanol–water partition coefficient (Wildman–Crippen LogP) is 3.73. The molecule has 0 bridgehead atoms. The van der Waals surface area contributed by atoms with Gasteiger partial charge in [-0.3, -0.25) is 4.79 Å². The van der Waals surface area contributed by atoms with Gasteiger partial charge in [-0.05, 0) is 55.7 Å². The number of ether oxygens (including phenoxy) is 1. The van der Waals surface area contributed by atoms with Crippen LogP contribution in [0, 0.1) is 0 Å². The molecule has 3 rings (SSSR count). The zero-order valence-electron chi connectivity index (χ0n) is 15.8. The predicted molar refractivity (Wildman–Crippen MR) is 111 cm³/mol. The van der Waals surface area contributed by atoms with Crippen LogP contribution in [0.3, 0.4) is 0 Å². The Labute approximate surface area is 174 Å².